The number of halogens is 2. The van der Waals surface area contributed by atoms with Crippen LogP contribution in [0.4, 0.5) is 10.3 Å². The highest BCUT2D eigenvalue weighted by Crippen LogP contribution is 2.27. The van der Waals surface area contributed by atoms with E-state index in [0.29, 0.717) is 29.0 Å². The number of anilines is 1. The minimum Gasteiger partial charge on any atom is -0.350 e. The molecule has 2 N–H and O–H groups in total. The Kier molecular flexibility index (Phi) is 6.51. The van der Waals surface area contributed by atoms with Gasteiger partial charge < -0.3 is 15.2 Å². The Morgan fingerprint density at radius 3 is 2.76 bits per heavy atom. The fraction of sp³-hybridized carbons (Fsp3) is 0.320. The first kappa shape index (κ1) is 21.8. The fourth-order valence-electron chi connectivity index (χ4n) is 4.36. The van der Waals surface area contributed by atoms with Crippen LogP contribution >= 0.6 is 11.6 Å². The lowest BCUT2D eigenvalue weighted by atomic mass is 9.95. The van der Waals surface area contributed by atoms with Gasteiger partial charge in [0, 0.05) is 23.7 Å². The molecular formula is C25H26ClFN6. The van der Waals surface area contributed by atoms with E-state index in [4.69, 9.17) is 21.6 Å². The Labute approximate surface area is 197 Å². The molecule has 0 amide bonds. The molecule has 0 atom stereocenters. The predicted octanol–water partition coefficient (Wildman–Crippen LogP) is 5.29. The molecule has 1 aliphatic rings. The van der Waals surface area contributed by atoms with E-state index in [1.54, 1.807) is 12.3 Å². The Morgan fingerprint density at radius 2 is 1.94 bits per heavy atom. The molecule has 3 heterocycles. The van der Waals surface area contributed by atoms with Crippen LogP contribution in [0.1, 0.15) is 24.8 Å². The van der Waals surface area contributed by atoms with Crippen molar-refractivity contribution in [2.24, 2.45) is 5.92 Å². The van der Waals surface area contributed by atoms with Crippen molar-refractivity contribution in [2.75, 3.05) is 18.4 Å². The molecule has 2 aromatic heterocycles. The van der Waals surface area contributed by atoms with Crippen molar-refractivity contribution in [2.45, 2.75) is 32.4 Å². The van der Waals surface area contributed by atoms with Crippen LogP contribution in [-0.2, 0) is 13.1 Å². The van der Waals surface area contributed by atoms with E-state index in [1.165, 1.54) is 25.0 Å². The summed E-state index contributed by atoms with van der Waals surface area (Å²) in [5, 5.41) is 7.39. The molecule has 170 valence electrons. The normalized spacial score (nSPS) is 14.6. The molecule has 1 aliphatic heterocycles. The monoisotopic (exact) mass is 464 g/mol. The van der Waals surface area contributed by atoms with Crippen LogP contribution in [0.25, 0.3) is 22.6 Å². The standard InChI is InChI=1S/C25H26ClFN6/c26-21-7-2-1-4-19(21)15-29-25-30-16-22-24(32-25)33(13-10-17-8-11-28-12-9-17)23(31-22)18-5-3-6-20(27)14-18/h1-7,14,16-17,28H,8-13,15H2,(H,29,30,32). The van der Waals surface area contributed by atoms with E-state index < -0.39 is 0 Å². The summed E-state index contributed by atoms with van der Waals surface area (Å²) in [6.07, 6.45) is 5.09. The maximum atomic E-state index is 14.0. The number of aryl methyl sites for hydroxylation is 1. The number of rotatable bonds is 7. The van der Waals surface area contributed by atoms with E-state index in [0.717, 1.165) is 48.7 Å². The number of aromatic nitrogens is 4. The second kappa shape index (κ2) is 9.85. The van der Waals surface area contributed by atoms with Crippen molar-refractivity contribution in [3.8, 4) is 11.4 Å². The Hall–Kier alpha value is -3.03. The summed E-state index contributed by atoms with van der Waals surface area (Å²) in [5.74, 6) is 1.61. The number of fused-ring (bicyclic) bond motifs is 1. The zero-order valence-corrected chi connectivity index (χ0v) is 19.0. The van der Waals surface area contributed by atoms with Gasteiger partial charge in [0.2, 0.25) is 5.95 Å². The number of nitrogens with zero attached hydrogens (tertiary/aromatic N) is 4. The molecule has 1 saturated heterocycles. The molecule has 1 fully saturated rings. The second-order valence-corrected chi connectivity index (χ2v) is 8.83. The number of benzene rings is 2. The van der Waals surface area contributed by atoms with Crippen molar-refractivity contribution in [3.63, 3.8) is 0 Å². The first-order valence-corrected chi connectivity index (χ1v) is 11.7. The van der Waals surface area contributed by atoms with Gasteiger partial charge in [0.1, 0.15) is 17.2 Å². The predicted molar refractivity (Wildman–Crippen MR) is 130 cm³/mol. The summed E-state index contributed by atoms with van der Waals surface area (Å²) in [4.78, 5) is 14.0. The van der Waals surface area contributed by atoms with Gasteiger partial charge in [0.25, 0.3) is 0 Å². The zero-order valence-electron chi connectivity index (χ0n) is 18.3. The van der Waals surface area contributed by atoms with Gasteiger partial charge in [-0.05, 0) is 62.0 Å². The molecular weight excluding hydrogens is 439 g/mol. The first-order valence-electron chi connectivity index (χ1n) is 11.3. The van der Waals surface area contributed by atoms with Gasteiger partial charge in [-0.3, -0.25) is 0 Å². The average molecular weight is 465 g/mol. The highest BCUT2D eigenvalue weighted by atomic mass is 35.5. The van der Waals surface area contributed by atoms with Crippen molar-refractivity contribution < 1.29 is 4.39 Å². The summed E-state index contributed by atoms with van der Waals surface area (Å²) >= 11 is 6.28. The van der Waals surface area contributed by atoms with Crippen LogP contribution in [0.3, 0.4) is 0 Å². The van der Waals surface area contributed by atoms with E-state index in [2.05, 4.69) is 20.2 Å². The van der Waals surface area contributed by atoms with Gasteiger partial charge >= 0.3 is 0 Å². The third-order valence-electron chi connectivity index (χ3n) is 6.19. The zero-order chi connectivity index (χ0) is 22.6. The molecule has 8 heteroatoms. The Morgan fingerprint density at radius 1 is 1.09 bits per heavy atom. The molecule has 0 saturated carbocycles. The number of hydrogen-bond donors (Lipinski definition) is 2. The number of nitrogens with one attached hydrogen (secondary N) is 2. The van der Waals surface area contributed by atoms with Crippen molar-refractivity contribution >= 4 is 28.7 Å². The van der Waals surface area contributed by atoms with Gasteiger partial charge in [-0.25, -0.2) is 14.4 Å². The first-order chi connectivity index (χ1) is 16.2. The highest BCUT2D eigenvalue weighted by Gasteiger charge is 2.19. The average Bonchev–Trinajstić information content (AvgIpc) is 3.21. The molecule has 0 bridgehead atoms. The molecule has 33 heavy (non-hydrogen) atoms. The third-order valence-corrected chi connectivity index (χ3v) is 6.55. The van der Waals surface area contributed by atoms with Crippen molar-refractivity contribution in [1.82, 2.24) is 24.8 Å². The minimum absolute atomic E-state index is 0.280. The topological polar surface area (TPSA) is 67.7 Å². The summed E-state index contributed by atoms with van der Waals surface area (Å²) in [7, 11) is 0. The maximum Gasteiger partial charge on any atom is 0.225 e. The highest BCUT2D eigenvalue weighted by molar-refractivity contribution is 6.31. The molecule has 6 nitrogen and oxygen atoms in total. The number of imidazole rings is 1. The Bertz CT molecular complexity index is 1250. The summed E-state index contributed by atoms with van der Waals surface area (Å²) in [6.45, 7) is 3.41. The van der Waals surface area contributed by atoms with E-state index in [1.807, 2.05) is 30.3 Å². The SMILES string of the molecule is Fc1cccc(-c2nc3cnc(NCc4ccccc4Cl)nc3n2CCC2CCNCC2)c1. The molecule has 4 aromatic rings. The van der Waals surface area contributed by atoms with Crippen LogP contribution in [0.5, 0.6) is 0 Å². The van der Waals surface area contributed by atoms with Gasteiger partial charge in [-0.2, -0.15) is 4.98 Å². The molecule has 0 radical (unpaired) electrons. The van der Waals surface area contributed by atoms with Crippen LogP contribution in [0, 0.1) is 11.7 Å². The summed E-state index contributed by atoms with van der Waals surface area (Å²) in [5.41, 5.74) is 3.16. The number of hydrogen-bond acceptors (Lipinski definition) is 5. The largest absolute Gasteiger partial charge is 0.350 e. The van der Waals surface area contributed by atoms with E-state index in [9.17, 15) is 4.39 Å². The van der Waals surface area contributed by atoms with Gasteiger partial charge in [0.05, 0.1) is 6.20 Å². The lowest BCUT2D eigenvalue weighted by molar-refractivity contribution is 0.339. The maximum absolute atomic E-state index is 14.0. The second-order valence-electron chi connectivity index (χ2n) is 8.43. The molecule has 0 unspecified atom stereocenters. The van der Waals surface area contributed by atoms with Crippen LogP contribution in [-0.4, -0.2) is 32.6 Å². The molecule has 0 spiro atoms. The van der Waals surface area contributed by atoms with Gasteiger partial charge in [-0.1, -0.05) is 41.9 Å². The number of piperidine rings is 1. The summed E-state index contributed by atoms with van der Waals surface area (Å²) < 4.78 is 16.1. The van der Waals surface area contributed by atoms with Crippen LogP contribution in [0.2, 0.25) is 5.02 Å². The van der Waals surface area contributed by atoms with Crippen LogP contribution < -0.4 is 10.6 Å². The lowest BCUT2D eigenvalue weighted by Crippen LogP contribution is -2.28. The van der Waals surface area contributed by atoms with E-state index in [-0.39, 0.29) is 5.82 Å². The molecule has 5 rings (SSSR count). The van der Waals surface area contributed by atoms with Crippen molar-refractivity contribution in [3.05, 3.63) is 71.1 Å². The molecule has 2 aromatic carbocycles. The van der Waals surface area contributed by atoms with Gasteiger partial charge in [0.15, 0.2) is 5.65 Å². The van der Waals surface area contributed by atoms with E-state index >= 15 is 0 Å². The lowest BCUT2D eigenvalue weighted by Gasteiger charge is -2.23. The van der Waals surface area contributed by atoms with Crippen molar-refractivity contribution in [1.29, 1.82) is 0 Å². The quantitative estimate of drug-likeness (QED) is 0.389. The van der Waals surface area contributed by atoms with Crippen LogP contribution in [0.15, 0.2) is 54.7 Å². The smallest absolute Gasteiger partial charge is 0.225 e. The minimum atomic E-state index is -0.280. The Balaban J connectivity index is 1.47. The fourth-order valence-corrected chi connectivity index (χ4v) is 4.56. The summed E-state index contributed by atoms with van der Waals surface area (Å²) in [6, 6.07) is 14.3. The molecule has 0 aliphatic carbocycles. The van der Waals surface area contributed by atoms with Gasteiger partial charge in [-0.15, -0.1) is 0 Å². The third kappa shape index (κ3) is 4.99.